The van der Waals surface area contributed by atoms with E-state index in [1.165, 1.54) is 12.3 Å². The van der Waals surface area contributed by atoms with E-state index in [2.05, 4.69) is 4.98 Å². The summed E-state index contributed by atoms with van der Waals surface area (Å²) < 4.78 is 0. The van der Waals surface area contributed by atoms with Crippen LogP contribution in [0.2, 0.25) is 5.02 Å². The summed E-state index contributed by atoms with van der Waals surface area (Å²) >= 11 is 5.52. The highest BCUT2D eigenvalue weighted by Crippen LogP contribution is 2.15. The third-order valence-electron chi connectivity index (χ3n) is 1.30. The molecule has 0 saturated heterocycles. The van der Waals surface area contributed by atoms with Gasteiger partial charge in [0.05, 0.1) is 22.9 Å². The van der Waals surface area contributed by atoms with Gasteiger partial charge in [-0.05, 0) is 6.07 Å². The molecule has 64 valence electrons. The van der Waals surface area contributed by atoms with Crippen LogP contribution in [0.3, 0.4) is 0 Å². The van der Waals surface area contributed by atoms with E-state index < -0.39 is 5.97 Å². The van der Waals surface area contributed by atoms with Crippen molar-refractivity contribution in [3.05, 3.63) is 28.5 Å². The maximum Gasteiger partial charge on any atom is 0.337 e. The first-order valence-electron chi connectivity index (χ1n) is 3.13. The van der Waals surface area contributed by atoms with Crippen molar-refractivity contribution in [3.8, 4) is 0 Å². The van der Waals surface area contributed by atoms with Gasteiger partial charge in [-0.3, -0.25) is 4.98 Å². The highest BCUT2D eigenvalue weighted by atomic mass is 35.5. The second kappa shape index (κ2) is 3.51. The van der Waals surface area contributed by atoms with Crippen LogP contribution >= 0.6 is 11.6 Å². The Morgan fingerprint density at radius 1 is 1.67 bits per heavy atom. The van der Waals surface area contributed by atoms with Crippen LogP contribution in [0, 0.1) is 0 Å². The summed E-state index contributed by atoms with van der Waals surface area (Å²) in [6.45, 7) is -0.294. The minimum Gasteiger partial charge on any atom is -0.478 e. The largest absolute Gasteiger partial charge is 0.478 e. The summed E-state index contributed by atoms with van der Waals surface area (Å²) in [6, 6.07) is 1.24. The summed E-state index contributed by atoms with van der Waals surface area (Å²) in [4.78, 5) is 14.2. The Balaban J connectivity index is 3.17. The van der Waals surface area contributed by atoms with Crippen molar-refractivity contribution >= 4 is 17.6 Å². The molecule has 0 aliphatic heterocycles. The third-order valence-corrected chi connectivity index (χ3v) is 1.61. The number of aliphatic hydroxyl groups excluding tert-OH is 1. The lowest BCUT2D eigenvalue weighted by atomic mass is 10.2. The van der Waals surface area contributed by atoms with E-state index in [1.54, 1.807) is 0 Å². The predicted octanol–water partition coefficient (Wildman–Crippen LogP) is 0.925. The average Bonchev–Trinajstić information content (AvgIpc) is 2.05. The molecule has 12 heavy (non-hydrogen) atoms. The number of carboxylic acids is 1. The third kappa shape index (κ3) is 1.72. The zero-order valence-corrected chi connectivity index (χ0v) is 6.75. The molecular weight excluding hydrogens is 182 g/mol. The number of carboxylic acid groups (broad SMARTS) is 1. The van der Waals surface area contributed by atoms with Gasteiger partial charge in [0.2, 0.25) is 0 Å². The fourth-order valence-corrected chi connectivity index (χ4v) is 0.916. The average molecular weight is 188 g/mol. The van der Waals surface area contributed by atoms with Crippen molar-refractivity contribution in [2.45, 2.75) is 6.61 Å². The van der Waals surface area contributed by atoms with E-state index in [9.17, 15) is 4.79 Å². The lowest BCUT2D eigenvalue weighted by Crippen LogP contribution is -2.00. The Morgan fingerprint density at radius 3 is 2.83 bits per heavy atom. The zero-order chi connectivity index (χ0) is 9.14. The number of carbonyl (C=O) groups is 1. The number of aliphatic hydroxyl groups is 1. The van der Waals surface area contributed by atoms with Crippen molar-refractivity contribution in [2.24, 2.45) is 0 Å². The smallest absolute Gasteiger partial charge is 0.337 e. The number of halogens is 1. The molecule has 1 rings (SSSR count). The fraction of sp³-hybridized carbons (Fsp3) is 0.143. The molecule has 0 aliphatic rings. The molecule has 0 aliphatic carbocycles. The highest BCUT2D eigenvalue weighted by molar-refractivity contribution is 6.33. The molecule has 2 N–H and O–H groups in total. The monoisotopic (exact) mass is 187 g/mol. The first kappa shape index (κ1) is 8.96. The quantitative estimate of drug-likeness (QED) is 0.723. The van der Waals surface area contributed by atoms with Gasteiger partial charge >= 0.3 is 5.97 Å². The van der Waals surface area contributed by atoms with Crippen LogP contribution in [-0.4, -0.2) is 21.2 Å². The molecule has 0 amide bonds. The van der Waals surface area contributed by atoms with Crippen molar-refractivity contribution in [3.63, 3.8) is 0 Å². The summed E-state index contributed by atoms with van der Waals surface area (Å²) in [5.74, 6) is -1.13. The van der Waals surface area contributed by atoms with Gasteiger partial charge in [0.1, 0.15) is 0 Å². The van der Waals surface area contributed by atoms with Crippen LogP contribution in [0.5, 0.6) is 0 Å². The molecule has 0 atom stereocenters. The molecule has 4 nitrogen and oxygen atoms in total. The molecule has 0 aromatic carbocycles. The molecular formula is C7H6ClNO3. The normalized spacial score (nSPS) is 9.83. The summed E-state index contributed by atoms with van der Waals surface area (Å²) in [5.41, 5.74) is 0.243. The first-order valence-corrected chi connectivity index (χ1v) is 3.51. The maximum atomic E-state index is 10.5. The van der Waals surface area contributed by atoms with E-state index >= 15 is 0 Å². The first-order chi connectivity index (χ1) is 5.65. The molecule has 0 spiro atoms. The van der Waals surface area contributed by atoms with Crippen molar-refractivity contribution in [2.75, 3.05) is 0 Å². The molecule has 1 aromatic heterocycles. The molecule has 5 heteroatoms. The predicted molar refractivity (Wildman–Crippen MR) is 42.1 cm³/mol. The SMILES string of the molecule is O=C(O)c1cc(CO)ncc1Cl. The Hall–Kier alpha value is -1.13. The van der Waals surface area contributed by atoms with E-state index in [1.807, 2.05) is 0 Å². The van der Waals surface area contributed by atoms with Gasteiger partial charge in [-0.25, -0.2) is 4.79 Å². The van der Waals surface area contributed by atoms with Crippen molar-refractivity contribution in [1.82, 2.24) is 4.98 Å². The summed E-state index contributed by atoms with van der Waals surface area (Å²) in [6.07, 6.45) is 1.20. The molecule has 0 saturated carbocycles. The number of pyridine rings is 1. The molecule has 0 bridgehead atoms. The summed E-state index contributed by atoms with van der Waals surface area (Å²) in [7, 11) is 0. The Bertz CT molecular complexity index is 314. The second-order valence-corrected chi connectivity index (χ2v) is 2.53. The van der Waals surface area contributed by atoms with Gasteiger partial charge < -0.3 is 10.2 Å². The molecule has 0 unspecified atom stereocenters. The van der Waals surface area contributed by atoms with Gasteiger partial charge in [0, 0.05) is 6.20 Å². The lowest BCUT2D eigenvalue weighted by molar-refractivity contribution is 0.0696. The number of hydrogen-bond acceptors (Lipinski definition) is 3. The topological polar surface area (TPSA) is 70.4 Å². The fourth-order valence-electron chi connectivity index (χ4n) is 0.732. The van der Waals surface area contributed by atoms with Gasteiger partial charge in [-0.2, -0.15) is 0 Å². The summed E-state index contributed by atoms with van der Waals surface area (Å²) in [5, 5.41) is 17.3. The number of hydrogen-bond donors (Lipinski definition) is 2. The number of rotatable bonds is 2. The van der Waals surface area contributed by atoms with Crippen LogP contribution in [0.25, 0.3) is 0 Å². The van der Waals surface area contributed by atoms with E-state index in [4.69, 9.17) is 21.8 Å². The van der Waals surface area contributed by atoms with E-state index in [0.717, 1.165) is 0 Å². The van der Waals surface area contributed by atoms with E-state index in [0.29, 0.717) is 0 Å². The van der Waals surface area contributed by atoms with E-state index in [-0.39, 0.29) is 22.9 Å². The number of aromatic carboxylic acids is 1. The lowest BCUT2D eigenvalue weighted by Gasteiger charge is -1.99. The Kier molecular flexibility index (Phi) is 2.62. The molecule has 0 fully saturated rings. The minimum atomic E-state index is -1.13. The Morgan fingerprint density at radius 2 is 2.33 bits per heavy atom. The number of aromatic nitrogens is 1. The van der Waals surface area contributed by atoms with Crippen LogP contribution in [0.4, 0.5) is 0 Å². The van der Waals surface area contributed by atoms with Gasteiger partial charge in [-0.15, -0.1) is 0 Å². The van der Waals surface area contributed by atoms with Gasteiger partial charge in [0.25, 0.3) is 0 Å². The maximum absolute atomic E-state index is 10.5. The van der Waals surface area contributed by atoms with Crippen LogP contribution in [-0.2, 0) is 6.61 Å². The van der Waals surface area contributed by atoms with Crippen LogP contribution in [0.15, 0.2) is 12.3 Å². The van der Waals surface area contributed by atoms with Crippen LogP contribution < -0.4 is 0 Å². The Labute approximate surface area is 73.4 Å². The second-order valence-electron chi connectivity index (χ2n) is 2.12. The van der Waals surface area contributed by atoms with Crippen molar-refractivity contribution < 1.29 is 15.0 Å². The van der Waals surface area contributed by atoms with Gasteiger partial charge in [0.15, 0.2) is 0 Å². The molecule has 0 radical (unpaired) electrons. The minimum absolute atomic E-state index is 0.0456. The number of nitrogens with zero attached hydrogens (tertiary/aromatic N) is 1. The highest BCUT2D eigenvalue weighted by Gasteiger charge is 2.09. The van der Waals surface area contributed by atoms with Gasteiger partial charge in [-0.1, -0.05) is 11.6 Å². The zero-order valence-electron chi connectivity index (χ0n) is 5.99. The molecule has 1 aromatic rings. The van der Waals surface area contributed by atoms with Crippen LogP contribution in [0.1, 0.15) is 16.1 Å². The standard InChI is InChI=1S/C7H6ClNO3/c8-6-2-9-4(3-10)1-5(6)7(11)12/h1-2,10H,3H2,(H,11,12). The molecule has 1 heterocycles. The van der Waals surface area contributed by atoms with Crippen molar-refractivity contribution in [1.29, 1.82) is 0 Å².